The van der Waals surface area contributed by atoms with Crippen molar-refractivity contribution in [1.82, 2.24) is 15.0 Å². The fourth-order valence-corrected chi connectivity index (χ4v) is 3.76. The van der Waals surface area contributed by atoms with Crippen LogP contribution in [0.2, 0.25) is 0 Å². The van der Waals surface area contributed by atoms with Gasteiger partial charge in [-0.05, 0) is 42.8 Å². The molecule has 156 valence electrons. The first-order chi connectivity index (χ1) is 14.9. The van der Waals surface area contributed by atoms with Crippen molar-refractivity contribution in [2.45, 2.75) is 6.92 Å². The maximum Gasteiger partial charge on any atom is 0.265 e. The number of pyridine rings is 1. The van der Waals surface area contributed by atoms with Gasteiger partial charge in [0.2, 0.25) is 0 Å². The van der Waals surface area contributed by atoms with Gasteiger partial charge in [-0.3, -0.25) is 14.6 Å². The molecular weight excluding hydrogens is 412 g/mol. The number of amides is 2. The van der Waals surface area contributed by atoms with E-state index in [9.17, 15) is 9.59 Å². The van der Waals surface area contributed by atoms with Gasteiger partial charge in [0.05, 0.1) is 4.88 Å². The Kier molecular flexibility index (Phi) is 5.59. The lowest BCUT2D eigenvalue weighted by molar-refractivity contribution is 0.102. The molecule has 0 spiro atoms. The average molecular weight is 433 g/mol. The molecule has 9 heteroatoms. The molecule has 3 heterocycles. The number of carbonyl (C=O) groups is 2. The number of fused-ring (bicyclic) bond motifs is 1. The first-order valence-corrected chi connectivity index (χ1v) is 10.3. The normalized spacial score (nSPS) is 10.7. The summed E-state index contributed by atoms with van der Waals surface area (Å²) in [5.74, 6) is 0.186. The highest BCUT2D eigenvalue weighted by Crippen LogP contribution is 2.25. The van der Waals surface area contributed by atoms with Crippen molar-refractivity contribution in [3.63, 3.8) is 0 Å². The Bertz CT molecular complexity index is 1250. The van der Waals surface area contributed by atoms with E-state index in [1.54, 1.807) is 48.9 Å². The van der Waals surface area contributed by atoms with Crippen molar-refractivity contribution in [2.75, 3.05) is 29.6 Å². The number of benzene rings is 1. The molecule has 0 fully saturated rings. The molecule has 1 aromatic carbocycles. The van der Waals surface area contributed by atoms with Gasteiger partial charge in [0, 0.05) is 49.6 Å². The minimum absolute atomic E-state index is 0.249. The monoisotopic (exact) mass is 432 g/mol. The Hall–Kier alpha value is -3.85. The molecule has 0 saturated heterocycles. The molecule has 4 aromatic rings. The summed E-state index contributed by atoms with van der Waals surface area (Å²) in [6.07, 6.45) is 4.79. The summed E-state index contributed by atoms with van der Waals surface area (Å²) in [7, 11) is 3.73. The van der Waals surface area contributed by atoms with E-state index >= 15 is 0 Å². The molecule has 31 heavy (non-hydrogen) atoms. The smallest absolute Gasteiger partial charge is 0.265 e. The summed E-state index contributed by atoms with van der Waals surface area (Å²) in [5, 5.41) is 5.79. The number of hydrogen-bond donors (Lipinski definition) is 2. The molecule has 4 rings (SSSR count). The van der Waals surface area contributed by atoms with Crippen molar-refractivity contribution < 1.29 is 9.59 Å². The summed E-state index contributed by atoms with van der Waals surface area (Å²) in [5.41, 5.74) is 3.25. The maximum absolute atomic E-state index is 12.7. The number of rotatable bonds is 5. The summed E-state index contributed by atoms with van der Waals surface area (Å²) in [6.45, 7) is 1.89. The van der Waals surface area contributed by atoms with Crippen molar-refractivity contribution in [3.05, 3.63) is 71.0 Å². The zero-order valence-electron chi connectivity index (χ0n) is 17.2. The zero-order valence-corrected chi connectivity index (χ0v) is 18.0. The molecule has 8 nitrogen and oxygen atoms in total. The van der Waals surface area contributed by atoms with Gasteiger partial charge < -0.3 is 15.5 Å². The van der Waals surface area contributed by atoms with Gasteiger partial charge in [-0.2, -0.15) is 0 Å². The Morgan fingerprint density at radius 3 is 2.48 bits per heavy atom. The fraction of sp³-hybridized carbons (Fsp3) is 0.136. The van der Waals surface area contributed by atoms with Crippen LogP contribution in [0.4, 0.5) is 17.2 Å². The molecule has 0 aliphatic rings. The Labute approximate surface area is 183 Å². The van der Waals surface area contributed by atoms with E-state index in [0.29, 0.717) is 38.0 Å². The van der Waals surface area contributed by atoms with E-state index in [0.717, 1.165) is 5.56 Å². The second-order valence-electron chi connectivity index (χ2n) is 7.09. The third-order valence-corrected chi connectivity index (χ3v) is 5.63. The molecule has 2 amide bonds. The van der Waals surface area contributed by atoms with E-state index in [1.807, 2.05) is 32.0 Å². The highest BCUT2D eigenvalue weighted by Gasteiger charge is 2.14. The van der Waals surface area contributed by atoms with Crippen LogP contribution in [0.25, 0.3) is 10.3 Å². The van der Waals surface area contributed by atoms with E-state index < -0.39 is 0 Å². The number of anilines is 3. The first-order valence-electron chi connectivity index (χ1n) is 9.48. The van der Waals surface area contributed by atoms with Crippen LogP contribution >= 0.6 is 11.3 Å². The quantitative estimate of drug-likeness (QED) is 0.495. The van der Waals surface area contributed by atoms with Crippen molar-refractivity contribution >= 4 is 50.7 Å². The number of thiophene rings is 1. The highest BCUT2D eigenvalue weighted by atomic mass is 32.1. The molecule has 0 atom stereocenters. The second-order valence-corrected chi connectivity index (χ2v) is 8.12. The summed E-state index contributed by atoms with van der Waals surface area (Å²) in [6, 6.07) is 10.5. The molecular formula is C22H20N6O2S. The predicted octanol–water partition coefficient (Wildman–Crippen LogP) is 3.97. The highest BCUT2D eigenvalue weighted by molar-refractivity contribution is 7.20. The topological polar surface area (TPSA) is 100 Å². The van der Waals surface area contributed by atoms with Gasteiger partial charge in [0.1, 0.15) is 16.2 Å². The summed E-state index contributed by atoms with van der Waals surface area (Å²) >= 11 is 1.28. The van der Waals surface area contributed by atoms with E-state index in [2.05, 4.69) is 25.6 Å². The van der Waals surface area contributed by atoms with E-state index in [4.69, 9.17) is 0 Å². The minimum Gasteiger partial charge on any atom is -0.363 e. The van der Waals surface area contributed by atoms with Gasteiger partial charge in [-0.25, -0.2) is 9.97 Å². The molecule has 0 unspecified atom stereocenters. The lowest BCUT2D eigenvalue weighted by atomic mass is 10.1. The Balaban J connectivity index is 1.52. The Morgan fingerprint density at radius 1 is 0.903 bits per heavy atom. The van der Waals surface area contributed by atoms with Gasteiger partial charge >= 0.3 is 0 Å². The molecule has 0 saturated carbocycles. The lowest BCUT2D eigenvalue weighted by Crippen LogP contribution is -2.16. The fourth-order valence-electron chi connectivity index (χ4n) is 2.91. The minimum atomic E-state index is -0.256. The van der Waals surface area contributed by atoms with Crippen LogP contribution in [0.1, 0.15) is 25.6 Å². The van der Waals surface area contributed by atoms with Crippen LogP contribution in [0, 0.1) is 6.92 Å². The van der Waals surface area contributed by atoms with Crippen molar-refractivity contribution in [2.24, 2.45) is 0 Å². The third-order valence-electron chi connectivity index (χ3n) is 4.60. The van der Waals surface area contributed by atoms with E-state index in [-0.39, 0.29) is 11.8 Å². The van der Waals surface area contributed by atoms with Crippen LogP contribution in [-0.2, 0) is 0 Å². The molecule has 0 aliphatic heterocycles. The lowest BCUT2D eigenvalue weighted by Gasteiger charge is -2.13. The number of nitrogens with zero attached hydrogens (tertiary/aromatic N) is 4. The number of aryl methyl sites for hydroxylation is 1. The van der Waals surface area contributed by atoms with Crippen LogP contribution in [0.5, 0.6) is 0 Å². The third kappa shape index (κ3) is 4.51. The van der Waals surface area contributed by atoms with Gasteiger partial charge in [-0.1, -0.05) is 6.07 Å². The average Bonchev–Trinajstić information content (AvgIpc) is 3.20. The second kappa shape index (κ2) is 8.49. The van der Waals surface area contributed by atoms with Crippen LogP contribution in [-0.4, -0.2) is 40.9 Å². The van der Waals surface area contributed by atoms with Crippen molar-refractivity contribution in [3.8, 4) is 0 Å². The number of aromatic nitrogens is 3. The van der Waals surface area contributed by atoms with Crippen LogP contribution in [0.15, 0.2) is 55.0 Å². The number of hydrogen-bond acceptors (Lipinski definition) is 7. The molecule has 2 N–H and O–H groups in total. The molecule has 3 aromatic heterocycles. The molecule has 0 radical (unpaired) electrons. The Morgan fingerprint density at radius 2 is 1.71 bits per heavy atom. The van der Waals surface area contributed by atoms with Crippen LogP contribution in [0.3, 0.4) is 0 Å². The predicted molar refractivity (Wildman–Crippen MR) is 123 cm³/mol. The summed E-state index contributed by atoms with van der Waals surface area (Å²) in [4.78, 5) is 41.1. The van der Waals surface area contributed by atoms with Crippen LogP contribution < -0.4 is 15.5 Å². The summed E-state index contributed by atoms with van der Waals surface area (Å²) < 4.78 is 0. The van der Waals surface area contributed by atoms with E-state index in [1.165, 1.54) is 11.3 Å². The van der Waals surface area contributed by atoms with Gasteiger partial charge in [-0.15, -0.1) is 11.3 Å². The largest absolute Gasteiger partial charge is 0.363 e. The maximum atomic E-state index is 12.7. The number of nitrogens with one attached hydrogen (secondary N) is 2. The standard InChI is InChI=1S/C22H20N6O2S/c1-13-4-5-15(26-20(29)14-6-7-24-19(10-14)28(2)3)11-16(13)27-21(30)18-12-17-22(31-18)25-9-8-23-17/h4-12H,1-3H3,(H,26,29)(H,27,30). The first kappa shape index (κ1) is 20.4. The van der Waals surface area contributed by atoms with Crippen molar-refractivity contribution in [1.29, 1.82) is 0 Å². The van der Waals surface area contributed by atoms with Gasteiger partial charge in [0.15, 0.2) is 0 Å². The molecule has 0 aliphatic carbocycles. The SMILES string of the molecule is Cc1ccc(NC(=O)c2ccnc(N(C)C)c2)cc1NC(=O)c1cc2nccnc2s1. The number of carbonyl (C=O) groups excluding carboxylic acids is 2. The van der Waals surface area contributed by atoms with Gasteiger partial charge in [0.25, 0.3) is 11.8 Å². The molecule has 0 bridgehead atoms. The zero-order chi connectivity index (χ0) is 22.0.